The van der Waals surface area contributed by atoms with Gasteiger partial charge in [0.05, 0.1) is 15.2 Å². The van der Waals surface area contributed by atoms with E-state index in [9.17, 15) is 4.79 Å². The lowest BCUT2D eigenvalue weighted by molar-refractivity contribution is -0.130. The lowest BCUT2D eigenvalue weighted by atomic mass is 10.1. The molecular formula is C20H21ClN2OS. The minimum atomic E-state index is 0.180. The van der Waals surface area contributed by atoms with E-state index in [-0.39, 0.29) is 5.91 Å². The summed E-state index contributed by atoms with van der Waals surface area (Å²) in [6, 6.07) is 15.8. The van der Waals surface area contributed by atoms with Gasteiger partial charge in [-0.15, -0.1) is 11.3 Å². The van der Waals surface area contributed by atoms with Crippen molar-refractivity contribution in [2.75, 3.05) is 7.05 Å². The van der Waals surface area contributed by atoms with Crippen LogP contribution in [-0.2, 0) is 17.8 Å². The Morgan fingerprint density at radius 3 is 2.64 bits per heavy atom. The average molecular weight is 373 g/mol. The Kier molecular flexibility index (Phi) is 6.05. The molecule has 5 heteroatoms. The monoisotopic (exact) mass is 372 g/mol. The maximum atomic E-state index is 12.3. The topological polar surface area (TPSA) is 33.2 Å². The molecule has 0 atom stereocenters. The van der Waals surface area contributed by atoms with E-state index in [2.05, 4.69) is 11.1 Å². The summed E-state index contributed by atoms with van der Waals surface area (Å²) in [4.78, 5) is 18.7. The van der Waals surface area contributed by atoms with Crippen LogP contribution in [0.2, 0.25) is 5.02 Å². The van der Waals surface area contributed by atoms with Gasteiger partial charge in [0.1, 0.15) is 0 Å². The first-order valence-electron chi connectivity index (χ1n) is 8.44. The van der Waals surface area contributed by atoms with Crippen molar-refractivity contribution >= 4 is 39.1 Å². The van der Waals surface area contributed by atoms with Gasteiger partial charge >= 0.3 is 0 Å². The first-order valence-corrected chi connectivity index (χ1v) is 9.64. The number of carbonyl (C=O) groups is 1. The van der Waals surface area contributed by atoms with Gasteiger partial charge in [-0.1, -0.05) is 35.9 Å². The third-order valence-corrected chi connectivity index (χ3v) is 5.48. The molecule has 0 fully saturated rings. The minimum absolute atomic E-state index is 0.180. The van der Waals surface area contributed by atoms with Crippen molar-refractivity contribution in [2.45, 2.75) is 32.2 Å². The number of hydrogen-bond donors (Lipinski definition) is 0. The van der Waals surface area contributed by atoms with E-state index >= 15 is 0 Å². The van der Waals surface area contributed by atoms with E-state index in [0.29, 0.717) is 18.0 Å². The standard InChI is InChI=1S/C20H21ClN2OS/c1-23(14-15-10-12-16(21)13-11-15)20(24)9-5-4-8-19-22-17-6-2-3-7-18(17)25-19/h2-3,6-7,10-13H,4-5,8-9,14H2,1H3. The van der Waals surface area contributed by atoms with Crippen LogP contribution in [0.25, 0.3) is 10.2 Å². The van der Waals surface area contributed by atoms with Crippen LogP contribution in [0.4, 0.5) is 0 Å². The van der Waals surface area contributed by atoms with Gasteiger partial charge in [-0.05, 0) is 49.1 Å². The zero-order valence-corrected chi connectivity index (χ0v) is 15.8. The van der Waals surface area contributed by atoms with Crippen molar-refractivity contribution in [1.29, 1.82) is 0 Å². The highest BCUT2D eigenvalue weighted by molar-refractivity contribution is 7.18. The fourth-order valence-corrected chi connectivity index (χ4v) is 3.86. The molecule has 1 aromatic heterocycles. The van der Waals surface area contributed by atoms with Gasteiger partial charge in [0.15, 0.2) is 0 Å². The van der Waals surface area contributed by atoms with Gasteiger partial charge in [0, 0.05) is 25.0 Å². The van der Waals surface area contributed by atoms with Gasteiger partial charge < -0.3 is 4.90 Å². The number of unbranched alkanes of at least 4 members (excludes halogenated alkanes) is 1. The van der Waals surface area contributed by atoms with Crippen molar-refractivity contribution in [1.82, 2.24) is 9.88 Å². The van der Waals surface area contributed by atoms with Gasteiger partial charge in [0.2, 0.25) is 5.91 Å². The predicted molar refractivity (Wildman–Crippen MR) is 105 cm³/mol. The Morgan fingerprint density at radius 2 is 1.88 bits per heavy atom. The number of thiazole rings is 1. The summed E-state index contributed by atoms with van der Waals surface area (Å²) in [6.07, 6.45) is 3.39. The van der Waals surface area contributed by atoms with Crippen LogP contribution in [0.5, 0.6) is 0 Å². The van der Waals surface area contributed by atoms with Crippen LogP contribution in [0.1, 0.15) is 29.8 Å². The number of hydrogen-bond acceptors (Lipinski definition) is 3. The van der Waals surface area contributed by atoms with Crippen LogP contribution >= 0.6 is 22.9 Å². The zero-order valence-electron chi connectivity index (χ0n) is 14.2. The molecule has 2 aromatic carbocycles. The Bertz CT molecular complexity index is 811. The number of nitrogens with zero attached hydrogens (tertiary/aromatic N) is 2. The molecule has 0 radical (unpaired) electrons. The Morgan fingerprint density at radius 1 is 1.12 bits per heavy atom. The van der Waals surface area contributed by atoms with Gasteiger partial charge in [-0.3, -0.25) is 4.79 Å². The molecule has 25 heavy (non-hydrogen) atoms. The van der Waals surface area contributed by atoms with E-state index in [4.69, 9.17) is 11.6 Å². The molecule has 1 heterocycles. The predicted octanol–water partition coefficient (Wildman–Crippen LogP) is 5.32. The highest BCUT2D eigenvalue weighted by Crippen LogP contribution is 2.23. The molecule has 0 spiro atoms. The minimum Gasteiger partial charge on any atom is -0.341 e. The van der Waals surface area contributed by atoms with Crippen LogP contribution in [-0.4, -0.2) is 22.8 Å². The number of para-hydroxylation sites is 1. The van der Waals surface area contributed by atoms with Crippen molar-refractivity contribution in [3.63, 3.8) is 0 Å². The zero-order chi connectivity index (χ0) is 17.6. The molecule has 3 aromatic rings. The molecule has 0 aliphatic heterocycles. The summed E-state index contributed by atoms with van der Waals surface area (Å²) in [6.45, 7) is 0.619. The summed E-state index contributed by atoms with van der Waals surface area (Å²) in [5, 5.41) is 1.87. The smallest absolute Gasteiger partial charge is 0.222 e. The highest BCUT2D eigenvalue weighted by atomic mass is 35.5. The number of carbonyl (C=O) groups excluding carboxylic acids is 1. The van der Waals surface area contributed by atoms with Crippen molar-refractivity contribution in [2.24, 2.45) is 0 Å². The quantitative estimate of drug-likeness (QED) is 0.526. The van der Waals surface area contributed by atoms with Crippen molar-refractivity contribution < 1.29 is 4.79 Å². The molecule has 0 saturated carbocycles. The Balaban J connectivity index is 1.41. The molecule has 0 aliphatic rings. The lowest BCUT2D eigenvalue weighted by Gasteiger charge is -2.17. The molecule has 3 nitrogen and oxygen atoms in total. The molecule has 0 bridgehead atoms. The maximum absolute atomic E-state index is 12.3. The second kappa shape index (κ2) is 8.45. The fourth-order valence-electron chi connectivity index (χ4n) is 2.72. The third kappa shape index (κ3) is 5.03. The first kappa shape index (κ1) is 17.9. The largest absolute Gasteiger partial charge is 0.341 e. The van der Waals surface area contributed by atoms with Crippen LogP contribution in [0, 0.1) is 0 Å². The molecule has 0 unspecified atom stereocenters. The van der Waals surface area contributed by atoms with E-state index in [0.717, 1.165) is 35.4 Å². The average Bonchev–Trinajstić information content (AvgIpc) is 3.03. The van der Waals surface area contributed by atoms with Crippen LogP contribution in [0.15, 0.2) is 48.5 Å². The number of rotatable bonds is 7. The first-order chi connectivity index (χ1) is 12.1. The summed E-state index contributed by atoms with van der Waals surface area (Å²) in [5.74, 6) is 0.180. The van der Waals surface area contributed by atoms with Crippen molar-refractivity contribution in [3.05, 3.63) is 64.1 Å². The maximum Gasteiger partial charge on any atom is 0.222 e. The normalized spacial score (nSPS) is 11.0. The van der Waals surface area contributed by atoms with E-state index in [1.54, 1.807) is 16.2 Å². The molecular weight excluding hydrogens is 352 g/mol. The Labute approximate surface area is 157 Å². The third-order valence-electron chi connectivity index (χ3n) is 4.13. The van der Waals surface area contributed by atoms with Gasteiger partial charge in [0.25, 0.3) is 0 Å². The number of benzene rings is 2. The molecule has 130 valence electrons. The molecule has 0 saturated heterocycles. The van der Waals surface area contributed by atoms with Gasteiger partial charge in [-0.25, -0.2) is 4.98 Å². The number of aryl methyl sites for hydroxylation is 1. The van der Waals surface area contributed by atoms with E-state index in [1.165, 1.54) is 4.70 Å². The second-order valence-electron chi connectivity index (χ2n) is 6.16. The molecule has 0 aliphatic carbocycles. The number of halogens is 1. The van der Waals surface area contributed by atoms with E-state index in [1.807, 2.05) is 49.5 Å². The van der Waals surface area contributed by atoms with Crippen LogP contribution < -0.4 is 0 Å². The molecule has 1 amide bonds. The summed E-state index contributed by atoms with van der Waals surface area (Å²) >= 11 is 7.63. The summed E-state index contributed by atoms with van der Waals surface area (Å²) in [5.41, 5.74) is 2.16. The number of amides is 1. The summed E-state index contributed by atoms with van der Waals surface area (Å²) in [7, 11) is 1.85. The second-order valence-corrected chi connectivity index (χ2v) is 7.71. The SMILES string of the molecule is CN(Cc1ccc(Cl)cc1)C(=O)CCCCc1nc2ccccc2s1. The van der Waals surface area contributed by atoms with E-state index < -0.39 is 0 Å². The lowest BCUT2D eigenvalue weighted by Crippen LogP contribution is -2.25. The number of fused-ring (bicyclic) bond motifs is 1. The molecule has 0 N–H and O–H groups in total. The van der Waals surface area contributed by atoms with Crippen molar-refractivity contribution in [3.8, 4) is 0 Å². The number of aromatic nitrogens is 1. The fraction of sp³-hybridized carbons (Fsp3) is 0.300. The Hall–Kier alpha value is -1.91. The highest BCUT2D eigenvalue weighted by Gasteiger charge is 2.10. The van der Waals surface area contributed by atoms with Gasteiger partial charge in [-0.2, -0.15) is 0 Å². The molecule has 3 rings (SSSR count). The summed E-state index contributed by atoms with van der Waals surface area (Å²) < 4.78 is 1.23. The van der Waals surface area contributed by atoms with Crippen LogP contribution in [0.3, 0.4) is 0 Å².